The Bertz CT molecular complexity index is 2180. The van der Waals surface area contributed by atoms with Gasteiger partial charge in [-0.05, 0) is 86.5 Å². The van der Waals surface area contributed by atoms with E-state index >= 15 is 0 Å². The van der Waals surface area contributed by atoms with Crippen molar-refractivity contribution >= 4 is 16.4 Å². The summed E-state index contributed by atoms with van der Waals surface area (Å²) < 4.78 is 74.0. The van der Waals surface area contributed by atoms with Gasteiger partial charge in [-0.1, -0.05) is 52.3 Å². The van der Waals surface area contributed by atoms with E-state index in [-0.39, 0.29) is 31.3 Å². The Morgan fingerprint density at radius 3 is 1.93 bits per heavy atom. The van der Waals surface area contributed by atoms with Crippen LogP contribution in [0.4, 0.5) is 0 Å². The Kier molecular flexibility index (Phi) is 15.5. The fourth-order valence-corrected chi connectivity index (χ4v) is 15.3. The molecule has 72 heavy (non-hydrogen) atoms. The lowest BCUT2D eigenvalue weighted by molar-refractivity contribution is -0.397. The van der Waals surface area contributed by atoms with Gasteiger partial charge in [0.2, 0.25) is 0 Å². The van der Waals surface area contributed by atoms with Gasteiger partial charge in [0, 0.05) is 16.2 Å². The summed E-state index contributed by atoms with van der Waals surface area (Å²) in [6.45, 7) is 9.16. The second kappa shape index (κ2) is 19.9. The van der Waals surface area contributed by atoms with E-state index in [1.54, 1.807) is 0 Å². The lowest BCUT2D eigenvalue weighted by atomic mass is 9.35. The number of carboxylic acid groups (broad SMARTS) is 1. The fraction of sp³-hybridized carbons (Fsp3) is 0.896. The summed E-state index contributed by atoms with van der Waals surface area (Å²) >= 11 is 0. The monoisotopic (exact) mass is 1050 g/mol. The average Bonchev–Trinajstić information content (AvgIpc) is 3.32. The molecule has 0 spiro atoms. The van der Waals surface area contributed by atoms with E-state index in [2.05, 4.69) is 37.1 Å². The Morgan fingerprint density at radius 1 is 0.708 bits per heavy atom. The molecule has 0 amide bonds. The molecule has 23 nitrogen and oxygen atoms in total. The maximum absolute atomic E-state index is 12.7. The van der Waals surface area contributed by atoms with Crippen molar-refractivity contribution in [3.8, 4) is 0 Å². The Morgan fingerprint density at radius 2 is 1.33 bits per heavy atom. The number of hydrogen-bond acceptors (Lipinski definition) is 21. The summed E-state index contributed by atoms with van der Waals surface area (Å²) in [4.78, 5) is 12.7. The normalized spacial score (nSPS) is 52.7. The highest BCUT2D eigenvalue weighted by atomic mass is 32.3. The molecule has 0 bridgehead atoms. The standard InChI is InChI=1S/C48H76O23S/c1-21-30(54)37(69-40-35(59)33(57)36(25(18-50)67-40)71-72(62,63)64)38(70-39-34(58)32(56)31(55)24(17-49)66-39)41(65-21)68-29-10-11-44(3)26(45(29,4)19-51)9-12-46(5)27(44)8-7-22-23-15-48(20-52,42(60)61)14-13-43(23,2)28(53)16-47(22,46)6/h7-8,21,24-41,49-59H,9-20H2,1-6H3,(H,60,61)(H,62,63,64)/t21-,24-,25-,26-,27-,28-,29+,30+,31-,32+,33-,34-,35-,36-,37+,38-,39+,40+,41+,43+,44+,45+,46-,47-,48+/m1/s1. The first-order valence-electron chi connectivity index (χ1n) is 25.0. The van der Waals surface area contributed by atoms with Gasteiger partial charge < -0.3 is 89.7 Å². The first-order chi connectivity index (χ1) is 33.5. The molecule has 3 aliphatic heterocycles. The minimum atomic E-state index is -5.25. The molecule has 5 aliphatic carbocycles. The van der Waals surface area contributed by atoms with Crippen molar-refractivity contribution in [1.29, 1.82) is 0 Å². The van der Waals surface area contributed by atoms with Crippen LogP contribution in [0.5, 0.6) is 0 Å². The van der Waals surface area contributed by atoms with Crippen LogP contribution in [0, 0.1) is 44.3 Å². The predicted octanol–water partition coefficient (Wildman–Crippen LogP) is -1.60. The van der Waals surface area contributed by atoms with Gasteiger partial charge in [0.05, 0.1) is 50.2 Å². The van der Waals surface area contributed by atoms with Crippen molar-refractivity contribution in [2.45, 2.75) is 197 Å². The SMILES string of the molecule is C[C@H]1O[C@@H](O[C@H]2CC[C@@]3(C)[C@@H](CC[C@]4(C)[C@@H]3C=CC3=C5C[C@@](CO)(C(=O)O)CC[C@]5(C)[C@H](O)C[C@]34C)[C@]2(C)CO)[C@H](O[C@@H]2O[C@H](CO)[C@@H](O)[C@H](O)[C@H]2O)[C@@H](O[C@@H]2O[C@H](CO)[C@@H](OS(=O)(=O)O)[C@H](O)[C@H]2O)[C@H]1O. The van der Waals surface area contributed by atoms with Crippen LogP contribution in [0.1, 0.15) is 92.9 Å². The zero-order valence-electron chi connectivity index (χ0n) is 41.4. The number of carbonyl (C=O) groups is 1. The van der Waals surface area contributed by atoms with Crippen LogP contribution < -0.4 is 0 Å². The van der Waals surface area contributed by atoms with E-state index < -0.39 is 173 Å². The maximum Gasteiger partial charge on any atom is 0.397 e. The van der Waals surface area contributed by atoms with E-state index in [1.165, 1.54) is 6.92 Å². The highest BCUT2D eigenvalue weighted by Gasteiger charge is 2.69. The number of aliphatic hydroxyl groups is 11. The zero-order chi connectivity index (χ0) is 53.1. The zero-order valence-corrected chi connectivity index (χ0v) is 42.2. The predicted molar refractivity (Wildman–Crippen MR) is 244 cm³/mol. The highest BCUT2D eigenvalue weighted by Crippen LogP contribution is 2.74. The highest BCUT2D eigenvalue weighted by molar-refractivity contribution is 7.80. The first-order valence-corrected chi connectivity index (χ1v) is 26.3. The molecule has 8 rings (SSSR count). The van der Waals surface area contributed by atoms with Gasteiger partial charge in [-0.15, -0.1) is 0 Å². The van der Waals surface area contributed by atoms with Crippen molar-refractivity contribution in [3.05, 3.63) is 23.3 Å². The van der Waals surface area contributed by atoms with E-state index in [0.717, 1.165) is 11.1 Å². The topological polar surface area (TPSA) is 379 Å². The van der Waals surface area contributed by atoms with E-state index in [9.17, 15) is 79.0 Å². The number of aliphatic carboxylic acids is 1. The number of aliphatic hydroxyl groups excluding tert-OH is 11. The number of fused-ring (bicyclic) bond motifs is 6. The molecule has 8 aliphatic rings. The molecule has 24 heteroatoms. The molecule has 3 saturated heterocycles. The molecular weight excluding hydrogens is 977 g/mol. The Labute approximate surface area is 418 Å². The van der Waals surface area contributed by atoms with Crippen molar-refractivity contribution < 1.29 is 112 Å². The molecular formula is C48H76O23S. The van der Waals surface area contributed by atoms with E-state index in [0.29, 0.717) is 38.5 Å². The molecule has 0 aromatic rings. The summed E-state index contributed by atoms with van der Waals surface area (Å²) in [7, 11) is -5.25. The summed E-state index contributed by atoms with van der Waals surface area (Å²) in [5.74, 6) is -1.42. The second-order valence-corrected chi connectivity index (χ2v) is 24.3. The first kappa shape index (κ1) is 56.3. The van der Waals surface area contributed by atoms with E-state index in [1.807, 2.05) is 13.8 Å². The summed E-state index contributed by atoms with van der Waals surface area (Å²) in [5, 5.41) is 131. The number of hydrogen-bond donors (Lipinski definition) is 13. The molecule has 0 aromatic heterocycles. The number of allylic oxidation sites excluding steroid dienone is 3. The van der Waals surface area contributed by atoms with Gasteiger partial charge in [0.15, 0.2) is 18.9 Å². The van der Waals surface area contributed by atoms with Gasteiger partial charge >= 0.3 is 16.4 Å². The Balaban J connectivity index is 1.12. The molecule has 0 unspecified atom stereocenters. The lowest BCUT2D eigenvalue weighted by Gasteiger charge is -2.70. The van der Waals surface area contributed by atoms with E-state index in [4.69, 9.17) is 28.4 Å². The fourth-order valence-electron chi connectivity index (χ4n) is 14.7. The van der Waals surface area contributed by atoms with Gasteiger partial charge in [0.1, 0.15) is 67.1 Å². The van der Waals surface area contributed by atoms with Crippen molar-refractivity contribution in [3.63, 3.8) is 0 Å². The summed E-state index contributed by atoms with van der Waals surface area (Å²) in [6, 6.07) is 0. The van der Waals surface area contributed by atoms with Crippen LogP contribution >= 0.6 is 0 Å². The number of rotatable bonds is 13. The van der Waals surface area contributed by atoms with Crippen LogP contribution in [-0.4, -0.2) is 211 Å². The third kappa shape index (κ3) is 8.87. The van der Waals surface area contributed by atoms with Crippen LogP contribution in [0.2, 0.25) is 0 Å². The van der Waals surface area contributed by atoms with Crippen molar-refractivity contribution in [2.75, 3.05) is 26.4 Å². The second-order valence-electron chi connectivity index (χ2n) is 23.3. The molecule has 25 atom stereocenters. The smallest absolute Gasteiger partial charge is 0.397 e. The van der Waals surface area contributed by atoms with Crippen molar-refractivity contribution in [2.24, 2.45) is 44.3 Å². The molecule has 0 radical (unpaired) electrons. The molecule has 3 saturated carbocycles. The van der Waals surface area contributed by atoms with Crippen LogP contribution in [-0.2, 0) is 47.8 Å². The maximum atomic E-state index is 12.7. The number of ether oxygens (including phenoxy) is 6. The minimum Gasteiger partial charge on any atom is -0.481 e. The van der Waals surface area contributed by atoms with Gasteiger partial charge in [-0.3, -0.25) is 9.35 Å². The molecule has 0 aromatic carbocycles. The summed E-state index contributed by atoms with van der Waals surface area (Å²) in [6.07, 6.45) is -21.2. The minimum absolute atomic E-state index is 0.113. The molecule has 3 heterocycles. The summed E-state index contributed by atoms with van der Waals surface area (Å²) in [5.41, 5.74) is -2.80. The van der Waals surface area contributed by atoms with Crippen LogP contribution in [0.15, 0.2) is 23.3 Å². The number of carboxylic acids is 1. The van der Waals surface area contributed by atoms with Gasteiger partial charge in [-0.25, -0.2) is 4.18 Å². The largest absolute Gasteiger partial charge is 0.481 e. The van der Waals surface area contributed by atoms with Crippen LogP contribution in [0.3, 0.4) is 0 Å². The average molecular weight is 1050 g/mol. The van der Waals surface area contributed by atoms with Gasteiger partial charge in [0.25, 0.3) is 0 Å². The van der Waals surface area contributed by atoms with Crippen molar-refractivity contribution in [1.82, 2.24) is 0 Å². The lowest BCUT2D eigenvalue weighted by Crippen LogP contribution is -2.68. The third-order valence-corrected chi connectivity index (χ3v) is 20.0. The molecule has 412 valence electrons. The molecule has 6 fully saturated rings. The third-order valence-electron chi connectivity index (χ3n) is 19.6. The molecule has 13 N–H and O–H groups in total. The quantitative estimate of drug-likeness (QED) is 0.0729. The van der Waals surface area contributed by atoms with Crippen LogP contribution in [0.25, 0.3) is 0 Å². The Hall–Kier alpha value is -1.86. The van der Waals surface area contributed by atoms with Gasteiger partial charge in [-0.2, -0.15) is 8.42 Å².